The summed E-state index contributed by atoms with van der Waals surface area (Å²) >= 11 is 0. The fourth-order valence-electron chi connectivity index (χ4n) is 7.59. The predicted octanol–water partition coefficient (Wildman–Crippen LogP) is 10.2. The topological polar surface area (TPSA) is 174 Å². The molecule has 0 spiro atoms. The number of rotatable bonds is 19. The van der Waals surface area contributed by atoms with Crippen LogP contribution in [0.1, 0.15) is 115 Å². The molecule has 2 heterocycles. The Balaban J connectivity index is 1.00. The number of aromatic nitrogens is 1. The molecule has 1 atom stereocenters. The number of pyridine rings is 1. The smallest absolute Gasteiger partial charge is 0.262 e. The SMILES string of the molecule is COc1cccc(Nc2c(C(N)=O)cnc3c(C)cc(Cc4cccc(C(=O)NCCCCCCCC[C@H](O[Si](C)(C)C(C)(C)C)c5ccc(O)c6c5OCC(=O)N6)c4)cc23)c1. The van der Waals surface area contributed by atoms with Crippen LogP contribution in [0.5, 0.6) is 17.2 Å². The molecule has 0 saturated heterocycles. The molecule has 6 rings (SSSR count). The Bertz CT molecular complexity index is 2430. The zero-order chi connectivity index (χ0) is 44.6. The number of nitrogens with two attached hydrogens (primary N) is 1. The van der Waals surface area contributed by atoms with Crippen LogP contribution in [0.3, 0.4) is 0 Å². The number of carbonyl (C=O) groups excluding carboxylic acids is 3. The van der Waals surface area contributed by atoms with Crippen molar-refractivity contribution in [3.63, 3.8) is 0 Å². The number of anilines is 3. The second kappa shape index (κ2) is 19.9. The van der Waals surface area contributed by atoms with Crippen molar-refractivity contribution in [2.45, 2.75) is 103 Å². The summed E-state index contributed by atoms with van der Waals surface area (Å²) in [7, 11) is -0.557. The van der Waals surface area contributed by atoms with Gasteiger partial charge in [-0.2, -0.15) is 0 Å². The average Bonchev–Trinajstić information content (AvgIpc) is 3.22. The molecule has 13 heteroatoms. The van der Waals surface area contributed by atoms with E-state index in [2.05, 4.69) is 60.9 Å². The van der Waals surface area contributed by atoms with Crippen molar-refractivity contribution in [1.82, 2.24) is 10.3 Å². The molecule has 62 heavy (non-hydrogen) atoms. The van der Waals surface area contributed by atoms with Gasteiger partial charge in [-0.25, -0.2) is 0 Å². The number of fused-ring (bicyclic) bond motifs is 2. The largest absolute Gasteiger partial charge is 0.506 e. The number of ether oxygens (including phenoxy) is 2. The lowest BCUT2D eigenvalue weighted by Gasteiger charge is -2.40. The minimum Gasteiger partial charge on any atom is -0.506 e. The Morgan fingerprint density at radius 2 is 1.71 bits per heavy atom. The third kappa shape index (κ3) is 11.1. The van der Waals surface area contributed by atoms with Gasteiger partial charge in [-0.15, -0.1) is 0 Å². The predicted molar refractivity (Wildman–Crippen MR) is 248 cm³/mol. The van der Waals surface area contributed by atoms with E-state index in [-0.39, 0.29) is 40.9 Å². The maximum Gasteiger partial charge on any atom is 0.262 e. The average molecular weight is 860 g/mol. The number of phenolic OH excluding ortho intramolecular Hbond substituents is 1. The lowest BCUT2D eigenvalue weighted by Crippen LogP contribution is -2.42. The summed E-state index contributed by atoms with van der Waals surface area (Å²) in [5, 5.41) is 20.5. The summed E-state index contributed by atoms with van der Waals surface area (Å²) in [5.74, 6) is 0.177. The molecule has 1 aromatic heterocycles. The van der Waals surface area contributed by atoms with E-state index in [1.807, 2.05) is 67.6 Å². The van der Waals surface area contributed by atoms with Crippen molar-refractivity contribution >= 4 is 54.0 Å². The number of nitrogens with zero attached hydrogens (tertiary/aromatic N) is 1. The van der Waals surface area contributed by atoms with Crippen molar-refractivity contribution < 1.29 is 33.4 Å². The van der Waals surface area contributed by atoms with Crippen LogP contribution < -0.4 is 31.2 Å². The Morgan fingerprint density at radius 1 is 0.968 bits per heavy atom. The van der Waals surface area contributed by atoms with Crippen molar-refractivity contribution in [1.29, 1.82) is 0 Å². The number of hydrogen-bond acceptors (Lipinski definition) is 9. The number of unbranched alkanes of at least 4 members (excludes halogenated alkanes) is 5. The highest BCUT2D eigenvalue weighted by atomic mass is 28.4. The summed E-state index contributed by atoms with van der Waals surface area (Å²) in [6, 6.07) is 22.7. The highest BCUT2D eigenvalue weighted by Crippen LogP contribution is 2.47. The maximum absolute atomic E-state index is 13.3. The molecule has 4 aromatic carbocycles. The van der Waals surface area contributed by atoms with Crippen LogP contribution in [0.2, 0.25) is 18.1 Å². The lowest BCUT2D eigenvalue weighted by molar-refractivity contribution is -0.118. The molecule has 0 aliphatic carbocycles. The van der Waals surface area contributed by atoms with Gasteiger partial charge in [0.05, 0.1) is 30.0 Å². The fraction of sp³-hybridized carbons (Fsp3) is 0.388. The first-order chi connectivity index (χ1) is 29.5. The summed E-state index contributed by atoms with van der Waals surface area (Å²) < 4.78 is 18.2. The van der Waals surface area contributed by atoms with Crippen LogP contribution in [-0.4, -0.2) is 56.4 Å². The summed E-state index contributed by atoms with van der Waals surface area (Å²) in [5.41, 5.74) is 12.9. The zero-order valence-electron chi connectivity index (χ0n) is 37.1. The zero-order valence-corrected chi connectivity index (χ0v) is 38.1. The number of phenols is 1. The van der Waals surface area contributed by atoms with Gasteiger partial charge in [-0.1, -0.05) is 77.1 Å². The van der Waals surface area contributed by atoms with Crippen molar-refractivity contribution in [2.75, 3.05) is 30.9 Å². The van der Waals surface area contributed by atoms with E-state index in [0.29, 0.717) is 41.4 Å². The third-order valence-corrected chi connectivity index (χ3v) is 16.5. The number of hydrogen-bond donors (Lipinski definition) is 5. The maximum atomic E-state index is 13.3. The van der Waals surface area contributed by atoms with Gasteiger partial charge in [0.25, 0.3) is 17.7 Å². The van der Waals surface area contributed by atoms with Crippen LogP contribution in [0.15, 0.2) is 79.0 Å². The van der Waals surface area contributed by atoms with Gasteiger partial charge in [-0.05, 0) is 103 Å². The van der Waals surface area contributed by atoms with Gasteiger partial charge in [-0.3, -0.25) is 19.4 Å². The molecule has 12 nitrogen and oxygen atoms in total. The van der Waals surface area contributed by atoms with Gasteiger partial charge in [0.1, 0.15) is 17.2 Å². The second-order valence-corrected chi connectivity index (χ2v) is 22.5. The minimum absolute atomic E-state index is 0.00715. The molecule has 3 amide bonds. The van der Waals surface area contributed by atoms with Crippen molar-refractivity contribution in [2.24, 2.45) is 5.73 Å². The van der Waals surface area contributed by atoms with Crippen molar-refractivity contribution in [3.8, 4) is 17.2 Å². The van der Waals surface area contributed by atoms with Gasteiger partial charge in [0.15, 0.2) is 20.7 Å². The molecule has 328 valence electrons. The Morgan fingerprint density at radius 3 is 2.45 bits per heavy atom. The molecule has 0 fully saturated rings. The van der Waals surface area contributed by atoms with Crippen LogP contribution in [0.25, 0.3) is 10.9 Å². The molecule has 0 saturated carbocycles. The van der Waals surface area contributed by atoms with E-state index in [9.17, 15) is 19.5 Å². The quantitative estimate of drug-likeness (QED) is 0.0308. The highest BCUT2D eigenvalue weighted by Gasteiger charge is 2.40. The van der Waals surface area contributed by atoms with Crippen LogP contribution in [-0.2, 0) is 15.6 Å². The first-order valence-electron chi connectivity index (χ1n) is 21.5. The summed E-state index contributed by atoms with van der Waals surface area (Å²) in [6.45, 7) is 13.6. The van der Waals surface area contributed by atoms with Gasteiger partial charge < -0.3 is 40.7 Å². The monoisotopic (exact) mass is 859 g/mol. The molecule has 1 aliphatic rings. The second-order valence-electron chi connectivity index (χ2n) is 17.7. The van der Waals surface area contributed by atoms with Crippen LogP contribution in [0, 0.1) is 6.92 Å². The Labute approximate surface area is 366 Å². The van der Waals surface area contributed by atoms with E-state index in [4.69, 9.17) is 19.6 Å². The number of aromatic hydroxyl groups is 1. The minimum atomic E-state index is -2.16. The first-order valence-corrected chi connectivity index (χ1v) is 24.4. The first kappa shape index (κ1) is 45.6. The number of primary amides is 1. The van der Waals surface area contributed by atoms with E-state index >= 15 is 0 Å². The van der Waals surface area contributed by atoms with Crippen LogP contribution in [0.4, 0.5) is 17.1 Å². The van der Waals surface area contributed by atoms with Gasteiger partial charge in [0, 0.05) is 41.0 Å². The number of amides is 3. The van der Waals surface area contributed by atoms with E-state index in [1.54, 1.807) is 13.2 Å². The Kier molecular flexibility index (Phi) is 14.6. The number of methoxy groups -OCH3 is 1. The number of carbonyl (C=O) groups is 3. The fourth-order valence-corrected chi connectivity index (χ4v) is 8.90. The summed E-state index contributed by atoms with van der Waals surface area (Å²) in [6.07, 6.45) is 8.67. The third-order valence-electron chi connectivity index (χ3n) is 12.0. The van der Waals surface area contributed by atoms with Gasteiger partial charge >= 0.3 is 0 Å². The molecule has 6 N–H and O–H groups in total. The highest BCUT2D eigenvalue weighted by molar-refractivity contribution is 6.74. The number of benzene rings is 4. The Hall–Kier alpha value is -5.92. The normalized spacial score (nSPS) is 13.2. The molecular formula is C49H61N5O7Si. The molecule has 0 bridgehead atoms. The van der Waals surface area contributed by atoms with E-state index < -0.39 is 14.2 Å². The molecule has 5 aromatic rings. The standard InChI is InChI=1S/C49H61N5O7Si/c1-31-24-33(27-38-43(31)52-29-39(47(50)57)44(38)53-35-18-15-19-36(28-35)59-5)25-32-16-14-17-34(26-32)48(58)51-23-13-11-9-8-10-12-20-41(61-62(6,7)49(2,3)4)37-21-22-40(55)45-46(37)60-30-42(56)54-45/h14-19,21-22,24,26-29,41,55H,8-13,20,23,25,30H2,1-7H3,(H2,50,57)(H,51,58)(H,52,53)(H,54,56)/t41-/m0/s1. The van der Waals surface area contributed by atoms with Gasteiger partial charge in [0.2, 0.25) is 0 Å². The van der Waals surface area contributed by atoms with E-state index in [1.165, 1.54) is 6.20 Å². The molecule has 0 unspecified atom stereocenters. The van der Waals surface area contributed by atoms with Crippen LogP contribution >= 0.6 is 0 Å². The van der Waals surface area contributed by atoms with Crippen molar-refractivity contribution in [3.05, 3.63) is 112 Å². The molecular weight excluding hydrogens is 799 g/mol. The summed E-state index contributed by atoms with van der Waals surface area (Å²) in [4.78, 5) is 42.4. The number of aryl methyl sites for hydroxylation is 1. The lowest BCUT2D eigenvalue weighted by atomic mass is 9.97. The number of nitrogens with one attached hydrogen (secondary N) is 3. The van der Waals surface area contributed by atoms with E-state index in [0.717, 1.165) is 83.8 Å². The molecule has 0 radical (unpaired) electrons. The molecule has 1 aliphatic heterocycles.